The van der Waals surface area contributed by atoms with Crippen LogP contribution in [0, 0.1) is 15.9 Å². The molecule has 0 aliphatic carbocycles. The van der Waals surface area contributed by atoms with Gasteiger partial charge in [-0.15, -0.1) is 0 Å². The molecule has 0 radical (unpaired) electrons. The van der Waals surface area contributed by atoms with Gasteiger partial charge in [0, 0.05) is 38.8 Å². The lowest BCUT2D eigenvalue weighted by atomic mass is 9.89. The molecule has 0 amide bonds. The van der Waals surface area contributed by atoms with Gasteiger partial charge in [0.2, 0.25) is 10.0 Å². The number of nitro benzene ring substituents is 1. The highest BCUT2D eigenvalue weighted by molar-refractivity contribution is 7.88. The molecule has 2 heterocycles. The Hall–Kier alpha value is -2.66. The van der Waals surface area contributed by atoms with Crippen molar-refractivity contribution in [1.29, 1.82) is 0 Å². The summed E-state index contributed by atoms with van der Waals surface area (Å²) in [6.07, 6.45) is 4.95. The SMILES string of the molecule is CS(=O)(=O)N1CCC2(CC1)CN(Cc1ccccc1)C[C@@H](C=Cc1c(F)cccc1[N+](=O)[O-])O2. The van der Waals surface area contributed by atoms with Gasteiger partial charge in [-0.2, -0.15) is 0 Å². The molecule has 10 heteroatoms. The van der Waals surface area contributed by atoms with Gasteiger partial charge in [0.15, 0.2) is 0 Å². The van der Waals surface area contributed by atoms with Gasteiger partial charge in [-0.1, -0.05) is 42.5 Å². The molecule has 2 fully saturated rings. The molecule has 0 N–H and O–H groups in total. The largest absolute Gasteiger partial charge is 0.365 e. The van der Waals surface area contributed by atoms with Crippen LogP contribution in [0.15, 0.2) is 54.6 Å². The van der Waals surface area contributed by atoms with Gasteiger partial charge in [0.25, 0.3) is 5.69 Å². The van der Waals surface area contributed by atoms with E-state index in [0.29, 0.717) is 45.6 Å². The van der Waals surface area contributed by atoms with Crippen molar-refractivity contribution in [3.05, 3.63) is 81.7 Å². The first-order valence-electron chi connectivity index (χ1n) is 11.2. The molecule has 0 saturated carbocycles. The van der Waals surface area contributed by atoms with E-state index in [1.165, 1.54) is 34.8 Å². The number of piperidine rings is 1. The summed E-state index contributed by atoms with van der Waals surface area (Å²) in [5.74, 6) is -0.668. The number of hydrogen-bond donors (Lipinski definition) is 0. The van der Waals surface area contributed by atoms with Crippen molar-refractivity contribution in [2.24, 2.45) is 0 Å². The summed E-state index contributed by atoms with van der Waals surface area (Å²) >= 11 is 0. The van der Waals surface area contributed by atoms with Crippen LogP contribution in [0.25, 0.3) is 6.08 Å². The van der Waals surface area contributed by atoms with Crippen LogP contribution in [0.2, 0.25) is 0 Å². The normalized spacial score (nSPS) is 21.8. The summed E-state index contributed by atoms with van der Waals surface area (Å²) in [7, 11) is -3.28. The predicted molar refractivity (Wildman–Crippen MR) is 127 cm³/mol. The number of rotatable bonds is 6. The van der Waals surface area contributed by atoms with Crippen molar-refractivity contribution in [2.45, 2.75) is 31.1 Å². The second-order valence-electron chi connectivity index (χ2n) is 8.95. The van der Waals surface area contributed by atoms with Gasteiger partial charge >= 0.3 is 0 Å². The van der Waals surface area contributed by atoms with E-state index in [4.69, 9.17) is 4.74 Å². The maximum atomic E-state index is 14.4. The van der Waals surface area contributed by atoms with Gasteiger partial charge < -0.3 is 4.74 Å². The van der Waals surface area contributed by atoms with Crippen LogP contribution in [0.3, 0.4) is 0 Å². The van der Waals surface area contributed by atoms with E-state index in [9.17, 15) is 22.9 Å². The molecule has 0 bridgehead atoms. The number of benzene rings is 2. The van der Waals surface area contributed by atoms with E-state index in [1.54, 1.807) is 6.08 Å². The first-order chi connectivity index (χ1) is 16.2. The first kappa shape index (κ1) is 24.5. The van der Waals surface area contributed by atoms with E-state index < -0.39 is 32.5 Å². The highest BCUT2D eigenvalue weighted by Crippen LogP contribution is 2.34. The van der Waals surface area contributed by atoms with Crippen LogP contribution < -0.4 is 0 Å². The maximum Gasteiger partial charge on any atom is 0.279 e. The minimum Gasteiger partial charge on any atom is -0.365 e. The summed E-state index contributed by atoms with van der Waals surface area (Å²) in [5, 5.41) is 11.3. The zero-order valence-corrected chi connectivity index (χ0v) is 19.8. The molecule has 2 saturated heterocycles. The van der Waals surface area contributed by atoms with Crippen molar-refractivity contribution in [2.75, 3.05) is 32.4 Å². The Morgan fingerprint density at radius 1 is 1.18 bits per heavy atom. The van der Waals surface area contributed by atoms with Crippen LogP contribution >= 0.6 is 0 Å². The van der Waals surface area contributed by atoms with Crippen LogP contribution in [0.4, 0.5) is 10.1 Å². The molecular weight excluding hydrogens is 461 g/mol. The van der Waals surface area contributed by atoms with Gasteiger partial charge in [0.05, 0.1) is 28.4 Å². The maximum absolute atomic E-state index is 14.4. The van der Waals surface area contributed by atoms with E-state index in [0.717, 1.165) is 5.56 Å². The zero-order chi connectivity index (χ0) is 24.3. The van der Waals surface area contributed by atoms with Crippen molar-refractivity contribution >= 4 is 21.8 Å². The predicted octanol–water partition coefficient (Wildman–Crippen LogP) is 3.44. The number of sulfonamides is 1. The van der Waals surface area contributed by atoms with Crippen molar-refractivity contribution in [1.82, 2.24) is 9.21 Å². The third-order valence-electron chi connectivity index (χ3n) is 6.41. The van der Waals surface area contributed by atoms with Crippen LogP contribution in [-0.4, -0.2) is 66.7 Å². The average molecular weight is 490 g/mol. The fourth-order valence-electron chi connectivity index (χ4n) is 4.74. The molecule has 2 aromatic rings. The Morgan fingerprint density at radius 3 is 2.53 bits per heavy atom. The standard InChI is InChI=1S/C24H28FN3O5S/c1-34(31,32)27-14-12-24(13-15-27)18-26(16-19-6-3-2-4-7-19)17-20(33-24)10-11-21-22(25)8-5-9-23(21)28(29)30/h2-11,20H,12-18H2,1H3/t20-/m1/s1. The van der Waals surface area contributed by atoms with Crippen LogP contribution in [0.5, 0.6) is 0 Å². The molecule has 182 valence electrons. The van der Waals surface area contributed by atoms with Gasteiger partial charge in [-0.05, 0) is 30.5 Å². The lowest BCUT2D eigenvalue weighted by Crippen LogP contribution is -2.59. The summed E-state index contributed by atoms with van der Waals surface area (Å²) in [6, 6.07) is 13.8. The Bertz CT molecular complexity index is 1160. The van der Waals surface area contributed by atoms with Crippen molar-refractivity contribution in [3.63, 3.8) is 0 Å². The second kappa shape index (κ2) is 9.91. The first-order valence-corrected chi connectivity index (χ1v) is 13.0. The molecule has 0 aromatic heterocycles. The average Bonchev–Trinajstić information content (AvgIpc) is 2.78. The Kier molecular flexibility index (Phi) is 7.13. The van der Waals surface area contributed by atoms with Crippen molar-refractivity contribution < 1.29 is 22.5 Å². The van der Waals surface area contributed by atoms with Gasteiger partial charge in [0.1, 0.15) is 5.82 Å². The smallest absolute Gasteiger partial charge is 0.279 e. The van der Waals surface area contributed by atoms with Gasteiger partial charge in [-0.3, -0.25) is 15.0 Å². The molecule has 0 unspecified atom stereocenters. The minimum absolute atomic E-state index is 0.0859. The quantitative estimate of drug-likeness (QED) is 0.456. The Morgan fingerprint density at radius 2 is 1.88 bits per heavy atom. The highest BCUT2D eigenvalue weighted by atomic mass is 32.2. The Labute approximate surface area is 198 Å². The van der Waals surface area contributed by atoms with E-state index in [2.05, 4.69) is 4.90 Å². The molecule has 2 aliphatic heterocycles. The molecule has 1 atom stereocenters. The molecule has 8 nitrogen and oxygen atoms in total. The molecule has 2 aliphatic rings. The van der Waals surface area contributed by atoms with Gasteiger partial charge in [-0.25, -0.2) is 17.1 Å². The zero-order valence-electron chi connectivity index (χ0n) is 19.0. The number of nitro groups is 1. The number of morpholine rings is 1. The topological polar surface area (TPSA) is 93.0 Å². The fourth-order valence-corrected chi connectivity index (χ4v) is 5.58. The number of halogens is 1. The fraction of sp³-hybridized carbons (Fsp3) is 0.417. The number of ether oxygens (including phenoxy) is 1. The minimum atomic E-state index is -3.28. The molecule has 34 heavy (non-hydrogen) atoms. The molecule has 2 aromatic carbocycles. The van der Waals surface area contributed by atoms with E-state index in [1.807, 2.05) is 30.3 Å². The summed E-state index contributed by atoms with van der Waals surface area (Å²) < 4.78 is 46.2. The highest BCUT2D eigenvalue weighted by Gasteiger charge is 2.43. The molecule has 1 spiro atoms. The Balaban J connectivity index is 1.58. The lowest BCUT2D eigenvalue weighted by molar-refractivity contribution is -0.385. The number of hydrogen-bond acceptors (Lipinski definition) is 6. The summed E-state index contributed by atoms with van der Waals surface area (Å²) in [5.41, 5.74) is 0.201. The van der Waals surface area contributed by atoms with Crippen LogP contribution in [0.1, 0.15) is 24.0 Å². The van der Waals surface area contributed by atoms with Crippen molar-refractivity contribution in [3.8, 4) is 0 Å². The monoisotopic (exact) mass is 489 g/mol. The summed E-state index contributed by atoms with van der Waals surface area (Å²) in [4.78, 5) is 13.0. The van der Waals surface area contributed by atoms with Crippen LogP contribution in [-0.2, 0) is 21.3 Å². The van der Waals surface area contributed by atoms with E-state index >= 15 is 0 Å². The summed E-state index contributed by atoms with van der Waals surface area (Å²) in [6.45, 7) is 2.60. The number of nitrogens with zero attached hydrogens (tertiary/aromatic N) is 3. The third-order valence-corrected chi connectivity index (χ3v) is 7.71. The lowest BCUT2D eigenvalue weighted by Gasteiger charge is -2.49. The van der Waals surface area contributed by atoms with E-state index in [-0.39, 0.29) is 11.3 Å². The molecular formula is C24H28FN3O5S. The second-order valence-corrected chi connectivity index (χ2v) is 10.9. The molecule has 4 rings (SSSR count). The third kappa shape index (κ3) is 5.69.